The van der Waals surface area contributed by atoms with E-state index in [9.17, 15) is 13.2 Å². The lowest BCUT2D eigenvalue weighted by Crippen LogP contribution is -2.29. The Balaban J connectivity index is 2.00. The van der Waals surface area contributed by atoms with Crippen LogP contribution in [0.15, 0.2) is 18.2 Å². The molecule has 1 aromatic rings. The summed E-state index contributed by atoms with van der Waals surface area (Å²) in [5, 5.41) is 2.19. The predicted molar refractivity (Wildman–Crippen MR) is 82.1 cm³/mol. The van der Waals surface area contributed by atoms with Crippen molar-refractivity contribution in [3.05, 3.63) is 18.2 Å². The van der Waals surface area contributed by atoms with Crippen LogP contribution in [0.25, 0.3) is 0 Å². The number of carbonyl (C=O) groups excluding carboxylic acids is 1. The molecule has 0 atom stereocenters. The summed E-state index contributed by atoms with van der Waals surface area (Å²) >= 11 is 0. The second-order valence-electron chi connectivity index (χ2n) is 5.22. The molecule has 0 aliphatic heterocycles. The summed E-state index contributed by atoms with van der Waals surface area (Å²) < 4.78 is 29.2. The zero-order chi connectivity index (χ0) is 15.5. The summed E-state index contributed by atoms with van der Waals surface area (Å²) in [5.41, 5.74) is 6.58. The lowest BCUT2D eigenvalue weighted by atomic mass is 10.2. The van der Waals surface area contributed by atoms with Gasteiger partial charge >= 0.3 is 0 Å². The highest BCUT2D eigenvalue weighted by Gasteiger charge is 2.30. The predicted octanol–water partition coefficient (Wildman–Crippen LogP) is 1.57. The minimum absolute atomic E-state index is 0.371. The highest BCUT2D eigenvalue weighted by molar-refractivity contribution is 7.92. The van der Waals surface area contributed by atoms with E-state index in [0.29, 0.717) is 30.0 Å². The van der Waals surface area contributed by atoms with Gasteiger partial charge in [0.25, 0.3) is 0 Å². The molecule has 116 valence electrons. The largest absolute Gasteiger partial charge is 0.495 e. The van der Waals surface area contributed by atoms with Crippen molar-refractivity contribution >= 4 is 27.1 Å². The monoisotopic (exact) mass is 312 g/mol. The Kier molecular flexibility index (Phi) is 4.72. The first-order valence-electron chi connectivity index (χ1n) is 6.87. The Morgan fingerprint density at radius 3 is 2.62 bits per heavy atom. The van der Waals surface area contributed by atoms with E-state index in [0.717, 1.165) is 12.8 Å². The van der Waals surface area contributed by atoms with E-state index >= 15 is 0 Å². The number of benzene rings is 1. The molecule has 0 unspecified atom stereocenters. The fraction of sp³-hybridized carbons (Fsp3) is 0.500. The number of anilines is 2. The Morgan fingerprint density at radius 2 is 2.05 bits per heavy atom. The first kappa shape index (κ1) is 15.6. The summed E-state index contributed by atoms with van der Waals surface area (Å²) in [5.74, 6) is -0.512. The third kappa shape index (κ3) is 3.87. The van der Waals surface area contributed by atoms with Crippen molar-refractivity contribution < 1.29 is 17.9 Å². The summed E-state index contributed by atoms with van der Waals surface area (Å²) in [6.07, 6.45) is 3.15. The molecule has 0 heterocycles. The smallest absolute Gasteiger partial charge is 0.239 e. The van der Waals surface area contributed by atoms with Crippen molar-refractivity contribution in [1.82, 2.24) is 0 Å². The van der Waals surface area contributed by atoms with Gasteiger partial charge in [-0.1, -0.05) is 12.8 Å². The molecule has 7 heteroatoms. The third-order valence-corrected chi connectivity index (χ3v) is 5.81. The van der Waals surface area contributed by atoms with Gasteiger partial charge in [0.2, 0.25) is 5.91 Å². The van der Waals surface area contributed by atoms with Gasteiger partial charge in [0.1, 0.15) is 11.5 Å². The standard InChI is InChI=1S/C14H20N2O4S/c1-20-13-7-6-10(8-12(13)15)16-14(17)9-21(18,19)11-4-2-3-5-11/h6-8,11H,2-5,9,15H2,1H3,(H,16,17). The molecular weight excluding hydrogens is 292 g/mol. The number of nitrogen functional groups attached to an aromatic ring is 1. The van der Waals surface area contributed by atoms with Crippen LogP contribution in [0.3, 0.4) is 0 Å². The molecule has 0 aromatic heterocycles. The topological polar surface area (TPSA) is 98.5 Å². The maximum Gasteiger partial charge on any atom is 0.239 e. The van der Waals surface area contributed by atoms with Crippen molar-refractivity contribution in [3.63, 3.8) is 0 Å². The lowest BCUT2D eigenvalue weighted by molar-refractivity contribution is -0.113. The van der Waals surface area contributed by atoms with E-state index in [2.05, 4.69) is 5.32 Å². The van der Waals surface area contributed by atoms with Gasteiger partial charge in [0, 0.05) is 5.69 Å². The molecule has 21 heavy (non-hydrogen) atoms. The number of amides is 1. The quantitative estimate of drug-likeness (QED) is 0.804. The Bertz CT molecular complexity index is 622. The summed E-state index contributed by atoms with van der Waals surface area (Å²) in [4.78, 5) is 11.9. The number of sulfone groups is 1. The van der Waals surface area contributed by atoms with Crippen LogP contribution in [-0.4, -0.2) is 32.4 Å². The Hall–Kier alpha value is -1.76. The van der Waals surface area contributed by atoms with Crippen molar-refractivity contribution in [1.29, 1.82) is 0 Å². The average Bonchev–Trinajstić information content (AvgIpc) is 2.92. The molecule has 0 spiro atoms. The molecule has 2 rings (SSSR count). The van der Waals surface area contributed by atoms with E-state index in [-0.39, 0.29) is 5.25 Å². The summed E-state index contributed by atoms with van der Waals surface area (Å²) in [6.45, 7) is 0. The molecule has 0 saturated heterocycles. The second-order valence-corrected chi connectivity index (χ2v) is 7.50. The van der Waals surface area contributed by atoms with E-state index in [4.69, 9.17) is 10.5 Å². The van der Waals surface area contributed by atoms with Crippen molar-refractivity contribution in [2.45, 2.75) is 30.9 Å². The van der Waals surface area contributed by atoms with E-state index in [1.807, 2.05) is 0 Å². The molecule has 3 N–H and O–H groups in total. The fourth-order valence-corrected chi connectivity index (χ4v) is 4.28. The zero-order valence-electron chi connectivity index (χ0n) is 12.0. The maximum absolute atomic E-state index is 12.1. The first-order chi connectivity index (χ1) is 9.92. The number of hydrogen-bond acceptors (Lipinski definition) is 5. The van der Waals surface area contributed by atoms with Crippen molar-refractivity contribution in [3.8, 4) is 5.75 Å². The van der Waals surface area contributed by atoms with Gasteiger partial charge in [0.05, 0.1) is 18.0 Å². The minimum atomic E-state index is -3.37. The number of carbonyl (C=O) groups is 1. The summed E-state index contributed by atoms with van der Waals surface area (Å²) in [6, 6.07) is 4.78. The van der Waals surface area contributed by atoms with Gasteiger partial charge in [-0.3, -0.25) is 4.79 Å². The van der Waals surface area contributed by atoms with Gasteiger partial charge < -0.3 is 15.8 Å². The van der Waals surface area contributed by atoms with Gasteiger partial charge in [-0.15, -0.1) is 0 Å². The lowest BCUT2D eigenvalue weighted by Gasteiger charge is -2.12. The molecule has 1 aromatic carbocycles. The van der Waals surface area contributed by atoms with Crippen LogP contribution in [0.4, 0.5) is 11.4 Å². The van der Waals surface area contributed by atoms with Crippen molar-refractivity contribution in [2.75, 3.05) is 23.9 Å². The van der Waals surface area contributed by atoms with Gasteiger partial charge in [-0.2, -0.15) is 0 Å². The number of rotatable bonds is 5. The summed E-state index contributed by atoms with van der Waals surface area (Å²) in [7, 11) is -1.87. The highest BCUT2D eigenvalue weighted by Crippen LogP contribution is 2.26. The molecule has 1 aliphatic carbocycles. The maximum atomic E-state index is 12.1. The normalized spacial score (nSPS) is 15.9. The Labute approximate surface area is 124 Å². The van der Waals surface area contributed by atoms with Gasteiger partial charge in [0.15, 0.2) is 9.84 Å². The number of ether oxygens (including phenoxy) is 1. The van der Waals surface area contributed by atoms with Crippen LogP contribution < -0.4 is 15.8 Å². The van der Waals surface area contributed by atoms with Crippen LogP contribution in [0, 0.1) is 0 Å². The number of nitrogens with two attached hydrogens (primary N) is 1. The van der Waals surface area contributed by atoms with Crippen LogP contribution in [-0.2, 0) is 14.6 Å². The van der Waals surface area contributed by atoms with E-state index in [1.54, 1.807) is 18.2 Å². The third-order valence-electron chi connectivity index (χ3n) is 3.66. The first-order valence-corrected chi connectivity index (χ1v) is 8.59. The second kappa shape index (κ2) is 6.34. The number of methoxy groups -OCH3 is 1. The fourth-order valence-electron chi connectivity index (χ4n) is 2.56. The SMILES string of the molecule is COc1ccc(NC(=O)CS(=O)(=O)C2CCCC2)cc1N. The Morgan fingerprint density at radius 1 is 1.38 bits per heavy atom. The molecule has 1 amide bonds. The molecule has 1 aliphatic rings. The van der Waals surface area contributed by atoms with E-state index < -0.39 is 21.5 Å². The van der Waals surface area contributed by atoms with Gasteiger partial charge in [-0.25, -0.2) is 8.42 Å². The molecular formula is C14H20N2O4S. The van der Waals surface area contributed by atoms with E-state index in [1.165, 1.54) is 7.11 Å². The molecule has 0 bridgehead atoms. The van der Waals surface area contributed by atoms with Gasteiger partial charge in [-0.05, 0) is 31.0 Å². The van der Waals surface area contributed by atoms with Crippen LogP contribution in [0.5, 0.6) is 5.75 Å². The zero-order valence-corrected chi connectivity index (χ0v) is 12.8. The molecule has 0 radical (unpaired) electrons. The molecule has 6 nitrogen and oxygen atoms in total. The number of nitrogens with one attached hydrogen (secondary N) is 1. The highest BCUT2D eigenvalue weighted by atomic mass is 32.2. The number of hydrogen-bond donors (Lipinski definition) is 2. The minimum Gasteiger partial charge on any atom is -0.495 e. The van der Waals surface area contributed by atoms with Crippen LogP contribution >= 0.6 is 0 Å². The molecule has 1 fully saturated rings. The average molecular weight is 312 g/mol. The van der Waals surface area contributed by atoms with Crippen LogP contribution in [0.2, 0.25) is 0 Å². The van der Waals surface area contributed by atoms with Crippen LogP contribution in [0.1, 0.15) is 25.7 Å². The molecule has 1 saturated carbocycles. The van der Waals surface area contributed by atoms with Crippen molar-refractivity contribution in [2.24, 2.45) is 0 Å².